The Labute approximate surface area is 185 Å². The number of benzene rings is 2. The van der Waals surface area contributed by atoms with Crippen LogP contribution in [0.15, 0.2) is 54.6 Å². The maximum Gasteiger partial charge on any atom is 0.227 e. The maximum atomic E-state index is 13.5. The molecule has 30 heavy (non-hydrogen) atoms. The molecule has 0 unspecified atom stereocenters. The van der Waals surface area contributed by atoms with Crippen LogP contribution in [-0.2, 0) is 17.8 Å². The van der Waals surface area contributed by atoms with Crippen LogP contribution in [-0.4, -0.2) is 40.9 Å². The van der Waals surface area contributed by atoms with Crippen LogP contribution >= 0.6 is 11.6 Å². The first-order valence-electron chi connectivity index (χ1n) is 11.5. The van der Waals surface area contributed by atoms with Gasteiger partial charge in [-0.2, -0.15) is 0 Å². The Kier molecular flexibility index (Phi) is 5.59. The van der Waals surface area contributed by atoms with Crippen LogP contribution in [0.2, 0.25) is 5.02 Å². The van der Waals surface area contributed by atoms with Crippen molar-refractivity contribution in [1.29, 1.82) is 0 Å². The quantitative estimate of drug-likeness (QED) is 0.678. The molecule has 1 saturated carbocycles. The molecule has 0 bridgehead atoms. The fourth-order valence-corrected chi connectivity index (χ4v) is 6.63. The lowest BCUT2D eigenvalue weighted by Gasteiger charge is -2.45. The van der Waals surface area contributed by atoms with E-state index in [0.29, 0.717) is 29.2 Å². The number of hydrogen-bond donors (Lipinski definition) is 0. The highest BCUT2D eigenvalue weighted by Crippen LogP contribution is 2.51. The van der Waals surface area contributed by atoms with Gasteiger partial charge in [0.15, 0.2) is 0 Å². The molecule has 2 atom stereocenters. The van der Waals surface area contributed by atoms with Gasteiger partial charge in [0.2, 0.25) is 5.91 Å². The Balaban J connectivity index is 1.34. The minimum atomic E-state index is 0.0734. The number of rotatable bonds is 4. The van der Waals surface area contributed by atoms with E-state index < -0.39 is 0 Å². The number of fused-ring (bicyclic) bond motifs is 2. The summed E-state index contributed by atoms with van der Waals surface area (Å²) in [6, 6.07) is 18.6. The molecule has 2 aromatic carbocycles. The van der Waals surface area contributed by atoms with Gasteiger partial charge in [0.05, 0.1) is 6.42 Å². The molecule has 5 rings (SSSR count). The predicted octanol–water partition coefficient (Wildman–Crippen LogP) is 5.18. The summed E-state index contributed by atoms with van der Waals surface area (Å²) in [4.78, 5) is 18.4. The van der Waals surface area contributed by atoms with Gasteiger partial charge >= 0.3 is 0 Å². The highest BCUT2D eigenvalue weighted by molar-refractivity contribution is 6.30. The molecule has 2 aliphatic heterocycles. The van der Waals surface area contributed by atoms with E-state index in [2.05, 4.69) is 40.1 Å². The van der Waals surface area contributed by atoms with E-state index in [1.54, 1.807) is 0 Å². The molecular formula is C26H31ClN2O. The summed E-state index contributed by atoms with van der Waals surface area (Å²) >= 11 is 6.16. The SMILES string of the molecule is O=C(Cc1cccc(Cl)c1)N1C[C@@H]2CN(Cc3ccccc3)C[C@@H]2C12CCCCC2. The molecule has 4 heteroatoms. The molecule has 0 aromatic heterocycles. The topological polar surface area (TPSA) is 23.6 Å². The van der Waals surface area contributed by atoms with Crippen molar-refractivity contribution in [3.8, 4) is 0 Å². The van der Waals surface area contributed by atoms with Crippen LogP contribution in [0.1, 0.15) is 43.2 Å². The van der Waals surface area contributed by atoms with Crippen molar-refractivity contribution in [1.82, 2.24) is 9.80 Å². The van der Waals surface area contributed by atoms with Gasteiger partial charge in [0.25, 0.3) is 0 Å². The van der Waals surface area contributed by atoms with Gasteiger partial charge in [-0.05, 0) is 42.0 Å². The third-order valence-electron chi connectivity index (χ3n) is 7.68. The Bertz CT molecular complexity index is 893. The van der Waals surface area contributed by atoms with Crippen molar-refractivity contribution in [3.63, 3.8) is 0 Å². The van der Waals surface area contributed by atoms with E-state index in [0.717, 1.165) is 31.7 Å². The van der Waals surface area contributed by atoms with Crippen molar-refractivity contribution in [2.45, 2.75) is 50.6 Å². The lowest BCUT2D eigenvalue weighted by atomic mass is 9.71. The second-order valence-corrected chi connectivity index (χ2v) is 9.96. The summed E-state index contributed by atoms with van der Waals surface area (Å²) in [6.45, 7) is 4.19. The van der Waals surface area contributed by atoms with Crippen molar-refractivity contribution in [3.05, 3.63) is 70.7 Å². The minimum absolute atomic E-state index is 0.0734. The molecule has 2 saturated heterocycles. The fourth-order valence-electron chi connectivity index (χ4n) is 6.41. The molecule has 1 amide bonds. The Morgan fingerprint density at radius 3 is 2.47 bits per heavy atom. The summed E-state index contributed by atoms with van der Waals surface area (Å²) in [5.41, 5.74) is 2.49. The zero-order valence-electron chi connectivity index (χ0n) is 17.6. The molecule has 3 aliphatic rings. The lowest BCUT2D eigenvalue weighted by Crippen LogP contribution is -2.53. The second-order valence-electron chi connectivity index (χ2n) is 9.52. The van der Waals surface area contributed by atoms with E-state index in [9.17, 15) is 4.79 Å². The van der Waals surface area contributed by atoms with E-state index >= 15 is 0 Å². The highest BCUT2D eigenvalue weighted by atomic mass is 35.5. The second kappa shape index (κ2) is 8.36. The first kappa shape index (κ1) is 20.1. The van der Waals surface area contributed by atoms with Gasteiger partial charge in [-0.1, -0.05) is 73.3 Å². The molecule has 2 aromatic rings. The normalized spacial score (nSPS) is 25.6. The van der Waals surface area contributed by atoms with Gasteiger partial charge in [0, 0.05) is 42.7 Å². The molecule has 0 N–H and O–H groups in total. The van der Waals surface area contributed by atoms with Crippen LogP contribution < -0.4 is 0 Å². The molecule has 2 heterocycles. The van der Waals surface area contributed by atoms with Gasteiger partial charge in [0.1, 0.15) is 0 Å². The van der Waals surface area contributed by atoms with Crippen molar-refractivity contribution < 1.29 is 4.79 Å². The number of halogens is 1. The van der Waals surface area contributed by atoms with Crippen LogP contribution in [0, 0.1) is 11.8 Å². The van der Waals surface area contributed by atoms with Gasteiger partial charge in [-0.15, -0.1) is 0 Å². The first-order valence-corrected chi connectivity index (χ1v) is 11.8. The number of hydrogen-bond acceptors (Lipinski definition) is 2. The van der Waals surface area contributed by atoms with Crippen LogP contribution in [0.4, 0.5) is 0 Å². The van der Waals surface area contributed by atoms with E-state index in [1.807, 2.05) is 24.3 Å². The summed E-state index contributed by atoms with van der Waals surface area (Å²) in [6.07, 6.45) is 6.63. The third-order valence-corrected chi connectivity index (χ3v) is 7.91. The van der Waals surface area contributed by atoms with Crippen LogP contribution in [0.25, 0.3) is 0 Å². The average molecular weight is 423 g/mol. The molecule has 0 radical (unpaired) electrons. The Hall–Kier alpha value is -1.84. The molecule has 3 nitrogen and oxygen atoms in total. The predicted molar refractivity (Wildman–Crippen MR) is 121 cm³/mol. The first-order chi connectivity index (χ1) is 14.6. The molecule has 1 spiro atoms. The van der Waals surface area contributed by atoms with Crippen LogP contribution in [0.3, 0.4) is 0 Å². The Morgan fingerprint density at radius 1 is 0.933 bits per heavy atom. The number of carbonyl (C=O) groups excluding carboxylic acids is 1. The summed E-state index contributed by atoms with van der Waals surface area (Å²) < 4.78 is 0. The molecule has 3 fully saturated rings. The summed E-state index contributed by atoms with van der Waals surface area (Å²) in [7, 11) is 0. The lowest BCUT2D eigenvalue weighted by molar-refractivity contribution is -0.137. The van der Waals surface area contributed by atoms with Crippen LogP contribution in [0.5, 0.6) is 0 Å². The van der Waals surface area contributed by atoms with Gasteiger partial charge < -0.3 is 4.90 Å². The molecular weight excluding hydrogens is 392 g/mol. The average Bonchev–Trinajstić information content (AvgIpc) is 3.27. The number of nitrogens with zero attached hydrogens (tertiary/aromatic N) is 2. The Morgan fingerprint density at radius 2 is 1.70 bits per heavy atom. The smallest absolute Gasteiger partial charge is 0.227 e. The van der Waals surface area contributed by atoms with E-state index in [1.165, 1.54) is 37.7 Å². The summed E-state index contributed by atoms with van der Waals surface area (Å²) in [5, 5.41) is 0.711. The highest BCUT2D eigenvalue weighted by Gasteiger charge is 2.57. The standard InChI is InChI=1S/C26H31ClN2O/c27-23-11-7-10-21(14-23)15-25(30)29-18-22-17-28(16-20-8-3-1-4-9-20)19-24(22)26(29)12-5-2-6-13-26/h1,3-4,7-11,14,22,24H,2,5-6,12-13,15-19H2/t22-,24-/m0/s1. The fraction of sp³-hybridized carbons (Fsp3) is 0.500. The van der Waals surface area contributed by atoms with Crippen molar-refractivity contribution >= 4 is 17.5 Å². The monoisotopic (exact) mass is 422 g/mol. The molecule has 158 valence electrons. The summed E-state index contributed by atoms with van der Waals surface area (Å²) in [5.74, 6) is 1.52. The zero-order valence-corrected chi connectivity index (χ0v) is 18.4. The number of likely N-dealkylation sites (tertiary alicyclic amines) is 2. The van der Waals surface area contributed by atoms with Gasteiger partial charge in [-0.3, -0.25) is 9.69 Å². The van der Waals surface area contributed by atoms with E-state index in [-0.39, 0.29) is 5.54 Å². The van der Waals surface area contributed by atoms with Gasteiger partial charge in [-0.25, -0.2) is 0 Å². The number of carbonyl (C=O) groups is 1. The zero-order chi connectivity index (χ0) is 20.6. The van der Waals surface area contributed by atoms with E-state index in [4.69, 9.17) is 11.6 Å². The molecule has 1 aliphatic carbocycles. The largest absolute Gasteiger partial charge is 0.336 e. The maximum absolute atomic E-state index is 13.5. The van der Waals surface area contributed by atoms with Crippen molar-refractivity contribution in [2.24, 2.45) is 11.8 Å². The third kappa shape index (κ3) is 3.78. The number of amides is 1. The van der Waals surface area contributed by atoms with Crippen molar-refractivity contribution in [2.75, 3.05) is 19.6 Å². The minimum Gasteiger partial charge on any atom is -0.336 e.